The van der Waals surface area contributed by atoms with Gasteiger partial charge in [0.25, 0.3) is 0 Å². The Labute approximate surface area is 116 Å². The second kappa shape index (κ2) is 11.1. The van der Waals surface area contributed by atoms with Crippen LogP contribution in [-0.4, -0.2) is 54.7 Å². The third kappa shape index (κ3) is 18.6. The summed E-state index contributed by atoms with van der Waals surface area (Å²) in [6, 6.07) is 0. The maximum Gasteiger partial charge on any atom is 0.330 e. The Kier molecular flexibility index (Phi) is 13.0. The van der Waals surface area contributed by atoms with Crippen LogP contribution in [0, 0.1) is 0 Å². The second-order valence-electron chi connectivity index (χ2n) is 3.78. The van der Waals surface area contributed by atoms with Crippen molar-refractivity contribution in [3.8, 4) is 0 Å². The van der Waals surface area contributed by atoms with E-state index in [1.165, 1.54) is 20.8 Å². The molecule has 0 aromatic rings. The number of aliphatic hydroxyl groups excluding tert-OH is 1. The summed E-state index contributed by atoms with van der Waals surface area (Å²) in [4.78, 5) is 19.2. The summed E-state index contributed by atoms with van der Waals surface area (Å²) in [6.07, 6.45) is -1.38. The van der Waals surface area contributed by atoms with Gasteiger partial charge in [0.05, 0.1) is 0 Å². The quantitative estimate of drug-likeness (QED) is 0.304. The van der Waals surface area contributed by atoms with Gasteiger partial charge >= 0.3 is 17.9 Å². The summed E-state index contributed by atoms with van der Waals surface area (Å²) >= 11 is 0. The van der Waals surface area contributed by atoms with E-state index in [4.69, 9.17) is 30.6 Å². The molecule has 0 saturated carbocycles. The topological polar surface area (TPSA) is 156 Å². The number of rotatable bonds is 4. The second-order valence-corrected chi connectivity index (χ2v) is 3.78. The van der Waals surface area contributed by atoms with Crippen molar-refractivity contribution in [2.75, 3.05) is 0 Å². The molecule has 0 aliphatic carbocycles. The zero-order valence-corrected chi connectivity index (χ0v) is 11.7. The van der Waals surface area contributed by atoms with Crippen molar-refractivity contribution >= 4 is 11.9 Å². The molecule has 1 unspecified atom stereocenters. The highest BCUT2D eigenvalue weighted by Crippen LogP contribution is 2.03. The lowest BCUT2D eigenvalue weighted by Gasteiger charge is -2.18. The third-order valence-corrected chi connectivity index (χ3v) is 1.56. The van der Waals surface area contributed by atoms with E-state index >= 15 is 0 Å². The number of aliphatic carboxylic acids is 2. The minimum atomic E-state index is -2.94. The molecular formula is C12H22O8. The van der Waals surface area contributed by atoms with Gasteiger partial charge in [-0.2, -0.15) is 0 Å². The lowest BCUT2D eigenvalue weighted by molar-refractivity contribution is -0.354. The fourth-order valence-electron chi connectivity index (χ4n) is 0.274. The maximum atomic E-state index is 9.60. The van der Waals surface area contributed by atoms with Crippen LogP contribution >= 0.6 is 0 Å². The number of carbonyl (C=O) groups is 2. The molecule has 0 aromatic heterocycles. The van der Waals surface area contributed by atoms with Crippen LogP contribution < -0.4 is 0 Å². The van der Waals surface area contributed by atoms with E-state index in [1.807, 2.05) is 0 Å². The normalized spacial score (nSPS) is 10.9. The Bertz CT molecular complexity index is 292. The predicted molar refractivity (Wildman–Crippen MR) is 70.6 cm³/mol. The van der Waals surface area contributed by atoms with E-state index in [9.17, 15) is 9.59 Å². The molecule has 8 heteroatoms. The Morgan fingerprint density at radius 3 is 1.20 bits per heavy atom. The largest absolute Gasteiger partial charge is 0.478 e. The van der Waals surface area contributed by atoms with Crippen LogP contribution in [-0.2, 0) is 9.59 Å². The first-order valence-corrected chi connectivity index (χ1v) is 5.40. The van der Waals surface area contributed by atoms with Crippen LogP contribution in [0.15, 0.2) is 24.3 Å². The van der Waals surface area contributed by atoms with Crippen LogP contribution in [0.5, 0.6) is 0 Å². The molecule has 0 aliphatic heterocycles. The maximum absolute atomic E-state index is 9.60. The summed E-state index contributed by atoms with van der Waals surface area (Å²) < 4.78 is 0. The highest BCUT2D eigenvalue weighted by atomic mass is 16.7. The number of carboxylic acids is 2. The van der Waals surface area contributed by atoms with E-state index in [2.05, 4.69) is 13.2 Å². The SMILES string of the molecule is C=C(C)C(=O)O.C=C(C)C(=O)O.CCC(O)C(O)(O)O. The van der Waals surface area contributed by atoms with Crippen molar-refractivity contribution in [1.82, 2.24) is 0 Å². The third-order valence-electron chi connectivity index (χ3n) is 1.56. The fraction of sp³-hybridized carbons (Fsp3) is 0.500. The first kappa shape index (κ1) is 23.4. The lowest BCUT2D eigenvalue weighted by atomic mass is 10.2. The van der Waals surface area contributed by atoms with Gasteiger partial charge in [0.15, 0.2) is 0 Å². The van der Waals surface area contributed by atoms with Gasteiger partial charge in [-0.15, -0.1) is 0 Å². The first-order chi connectivity index (χ1) is 8.77. The summed E-state index contributed by atoms with van der Waals surface area (Å²) in [5.74, 6) is -4.81. The summed E-state index contributed by atoms with van der Waals surface area (Å²) in [5.41, 5.74) is 0.352. The molecule has 0 heterocycles. The molecule has 0 aliphatic rings. The monoisotopic (exact) mass is 294 g/mol. The molecule has 0 spiro atoms. The fourth-order valence-corrected chi connectivity index (χ4v) is 0.274. The van der Waals surface area contributed by atoms with E-state index < -0.39 is 24.0 Å². The van der Waals surface area contributed by atoms with Crippen LogP contribution in [0.3, 0.4) is 0 Å². The Morgan fingerprint density at radius 1 is 1.00 bits per heavy atom. The van der Waals surface area contributed by atoms with Gasteiger partial charge in [0, 0.05) is 11.1 Å². The number of aliphatic hydroxyl groups is 4. The van der Waals surface area contributed by atoms with Gasteiger partial charge < -0.3 is 30.6 Å². The van der Waals surface area contributed by atoms with E-state index in [-0.39, 0.29) is 17.6 Å². The predicted octanol–water partition coefficient (Wildman–Crippen LogP) is -0.318. The molecule has 0 bridgehead atoms. The molecule has 6 N–H and O–H groups in total. The zero-order valence-electron chi connectivity index (χ0n) is 11.7. The van der Waals surface area contributed by atoms with Crippen molar-refractivity contribution in [1.29, 1.82) is 0 Å². The minimum absolute atomic E-state index is 0.101. The lowest BCUT2D eigenvalue weighted by Crippen LogP contribution is -2.41. The molecule has 0 radical (unpaired) electrons. The van der Waals surface area contributed by atoms with Gasteiger partial charge in [-0.1, -0.05) is 20.1 Å². The molecule has 1 atom stereocenters. The Morgan fingerprint density at radius 2 is 1.20 bits per heavy atom. The molecule has 0 aromatic carbocycles. The molecule has 0 rings (SSSR count). The number of hydrogen-bond donors (Lipinski definition) is 6. The Hall–Kier alpha value is -1.74. The average molecular weight is 294 g/mol. The highest BCUT2D eigenvalue weighted by Gasteiger charge is 2.27. The van der Waals surface area contributed by atoms with Crippen molar-refractivity contribution < 1.29 is 40.2 Å². The van der Waals surface area contributed by atoms with Crippen molar-refractivity contribution in [3.05, 3.63) is 24.3 Å². The summed E-state index contributed by atoms with van der Waals surface area (Å²) in [7, 11) is 0. The van der Waals surface area contributed by atoms with Gasteiger partial charge in [-0.05, 0) is 20.3 Å². The van der Waals surface area contributed by atoms with Crippen molar-refractivity contribution in [3.63, 3.8) is 0 Å². The smallest absolute Gasteiger partial charge is 0.330 e. The summed E-state index contributed by atoms with van der Waals surface area (Å²) in [5, 5.41) is 48.7. The van der Waals surface area contributed by atoms with Crippen LogP contribution in [0.4, 0.5) is 0 Å². The van der Waals surface area contributed by atoms with E-state index in [1.54, 1.807) is 0 Å². The molecule has 118 valence electrons. The van der Waals surface area contributed by atoms with Crippen LogP contribution in [0.2, 0.25) is 0 Å². The Balaban J connectivity index is -0.000000221. The van der Waals surface area contributed by atoms with Crippen molar-refractivity contribution in [2.24, 2.45) is 0 Å². The highest BCUT2D eigenvalue weighted by molar-refractivity contribution is 5.85. The standard InChI is InChI=1S/C4H10O4.2C4H6O2/c1-2-3(5)4(6,7)8;2*1-3(2)4(5)6/h3,5-8H,2H2,1H3;2*1H2,2H3,(H,5,6). The van der Waals surface area contributed by atoms with Gasteiger partial charge in [0.1, 0.15) is 6.10 Å². The van der Waals surface area contributed by atoms with E-state index in [0.717, 1.165) is 0 Å². The molecule has 8 nitrogen and oxygen atoms in total. The van der Waals surface area contributed by atoms with Gasteiger partial charge in [-0.25, -0.2) is 9.59 Å². The van der Waals surface area contributed by atoms with Crippen molar-refractivity contribution in [2.45, 2.75) is 39.3 Å². The van der Waals surface area contributed by atoms with Crippen LogP contribution in [0.25, 0.3) is 0 Å². The molecule has 0 amide bonds. The van der Waals surface area contributed by atoms with Gasteiger partial charge in [0.2, 0.25) is 0 Å². The zero-order chi connectivity index (χ0) is 17.1. The average Bonchev–Trinajstić information content (AvgIpc) is 2.27. The van der Waals surface area contributed by atoms with E-state index in [0.29, 0.717) is 0 Å². The van der Waals surface area contributed by atoms with Crippen LogP contribution in [0.1, 0.15) is 27.2 Å². The minimum Gasteiger partial charge on any atom is -0.478 e. The number of hydrogen-bond acceptors (Lipinski definition) is 6. The number of carboxylic acid groups (broad SMARTS) is 2. The molecule has 0 fully saturated rings. The molecule has 20 heavy (non-hydrogen) atoms. The molecule has 0 saturated heterocycles. The van der Waals surface area contributed by atoms with Gasteiger partial charge in [-0.3, -0.25) is 0 Å². The summed E-state index contributed by atoms with van der Waals surface area (Å²) in [6.45, 7) is 10.7. The molecular weight excluding hydrogens is 272 g/mol. The first-order valence-electron chi connectivity index (χ1n) is 5.40.